The number of esters is 1. The summed E-state index contributed by atoms with van der Waals surface area (Å²) in [6.07, 6.45) is 24.2. The van der Waals surface area contributed by atoms with E-state index in [0.29, 0.717) is 5.92 Å². The molecule has 0 bridgehead atoms. The lowest BCUT2D eigenvalue weighted by Crippen LogP contribution is -2.25. The molecule has 0 aromatic heterocycles. The molecule has 3 saturated carbocycles. The summed E-state index contributed by atoms with van der Waals surface area (Å²) in [7, 11) is 0. The number of carbonyl (C=O) groups excluding carboxylic acids is 1. The molecule has 1 aromatic rings. The maximum Gasteiger partial charge on any atom is 0.338 e. The molecule has 35 heavy (non-hydrogen) atoms. The van der Waals surface area contributed by atoms with E-state index < -0.39 is 0 Å². The average molecular weight is 481 g/mol. The van der Waals surface area contributed by atoms with Gasteiger partial charge in [-0.3, -0.25) is 0 Å². The molecule has 0 N–H and O–H groups in total. The van der Waals surface area contributed by atoms with Crippen LogP contribution in [0, 0.1) is 23.7 Å². The van der Waals surface area contributed by atoms with Crippen molar-refractivity contribution >= 4 is 5.97 Å². The van der Waals surface area contributed by atoms with Gasteiger partial charge < -0.3 is 4.74 Å². The third-order valence-electron chi connectivity index (χ3n) is 9.93. The van der Waals surface area contributed by atoms with Crippen LogP contribution in [-0.4, -0.2) is 12.1 Å². The molecule has 0 atom stereocenters. The lowest BCUT2D eigenvalue weighted by Gasteiger charge is -2.38. The minimum Gasteiger partial charge on any atom is -0.459 e. The van der Waals surface area contributed by atoms with E-state index in [1.807, 2.05) is 12.1 Å². The van der Waals surface area contributed by atoms with Gasteiger partial charge in [0.2, 0.25) is 0 Å². The normalized spacial score (nSPS) is 31.7. The molecular formula is C33H52O2. The van der Waals surface area contributed by atoms with Crippen LogP contribution in [0.4, 0.5) is 0 Å². The highest BCUT2D eigenvalue weighted by Crippen LogP contribution is 2.44. The summed E-state index contributed by atoms with van der Waals surface area (Å²) in [5, 5.41) is 0. The molecule has 0 heterocycles. The predicted octanol–water partition coefficient (Wildman–Crippen LogP) is 9.86. The lowest BCUT2D eigenvalue weighted by molar-refractivity contribution is 0.0161. The highest BCUT2D eigenvalue weighted by Gasteiger charge is 2.31. The number of hydrogen-bond donors (Lipinski definition) is 0. The quantitative estimate of drug-likeness (QED) is 0.246. The monoisotopic (exact) mass is 480 g/mol. The van der Waals surface area contributed by atoms with Crippen LogP contribution in [0.15, 0.2) is 24.3 Å². The number of carbonyl (C=O) groups is 1. The van der Waals surface area contributed by atoms with Crippen molar-refractivity contribution in [1.82, 2.24) is 0 Å². The van der Waals surface area contributed by atoms with Gasteiger partial charge in [0.1, 0.15) is 6.10 Å². The number of unbranched alkanes of at least 4 members (excludes halogenated alkanes) is 2. The topological polar surface area (TPSA) is 26.3 Å². The van der Waals surface area contributed by atoms with Crippen molar-refractivity contribution < 1.29 is 9.53 Å². The van der Waals surface area contributed by atoms with Crippen LogP contribution >= 0.6 is 0 Å². The zero-order valence-electron chi connectivity index (χ0n) is 22.8. The molecule has 0 saturated heterocycles. The van der Waals surface area contributed by atoms with Gasteiger partial charge in [-0.15, -0.1) is 0 Å². The van der Waals surface area contributed by atoms with Crippen molar-refractivity contribution in [2.24, 2.45) is 23.7 Å². The zero-order chi connectivity index (χ0) is 24.5. The molecule has 2 heteroatoms. The SMILES string of the molecule is CCCCCC1CCC(OC(=O)c2ccc(C3CCC(C4CCC(CCC)CC4)CC3)cc2)CC1. The summed E-state index contributed by atoms with van der Waals surface area (Å²) in [6.45, 7) is 4.61. The second-order valence-corrected chi connectivity index (χ2v) is 12.3. The number of benzene rings is 1. The summed E-state index contributed by atoms with van der Waals surface area (Å²) in [5.74, 6) is 4.38. The summed E-state index contributed by atoms with van der Waals surface area (Å²) < 4.78 is 5.90. The van der Waals surface area contributed by atoms with Gasteiger partial charge in [0.25, 0.3) is 0 Å². The Hall–Kier alpha value is -1.31. The van der Waals surface area contributed by atoms with Crippen molar-refractivity contribution in [2.45, 2.75) is 141 Å². The molecule has 4 rings (SSSR count). The molecule has 0 aliphatic heterocycles. The van der Waals surface area contributed by atoms with Crippen LogP contribution in [0.25, 0.3) is 0 Å². The summed E-state index contributed by atoms with van der Waals surface area (Å²) >= 11 is 0. The fourth-order valence-corrected chi connectivity index (χ4v) is 7.61. The minimum atomic E-state index is -0.117. The lowest BCUT2D eigenvalue weighted by atomic mass is 9.68. The number of rotatable bonds is 10. The first-order chi connectivity index (χ1) is 17.2. The second kappa shape index (κ2) is 13.8. The van der Waals surface area contributed by atoms with Gasteiger partial charge >= 0.3 is 5.97 Å². The molecular weight excluding hydrogens is 428 g/mol. The molecule has 0 amide bonds. The molecule has 196 valence electrons. The third-order valence-corrected chi connectivity index (χ3v) is 9.93. The highest BCUT2D eigenvalue weighted by molar-refractivity contribution is 5.89. The Balaban J connectivity index is 1.17. The maximum atomic E-state index is 12.8. The van der Waals surface area contributed by atoms with E-state index in [-0.39, 0.29) is 12.1 Å². The standard InChI is InChI=1S/C33H52O2/c1-3-5-6-8-26-11-23-32(24-12-26)35-33(34)31-21-19-30(20-22-31)29-17-15-28(16-18-29)27-13-9-25(7-4-2)10-14-27/h19-22,25-29,32H,3-18,23-24H2,1-2H3. The second-order valence-electron chi connectivity index (χ2n) is 12.3. The van der Waals surface area contributed by atoms with E-state index in [0.717, 1.165) is 42.1 Å². The number of hydrogen-bond acceptors (Lipinski definition) is 2. The van der Waals surface area contributed by atoms with Crippen LogP contribution in [-0.2, 0) is 4.74 Å². The summed E-state index contributed by atoms with van der Waals surface area (Å²) in [6, 6.07) is 8.47. The van der Waals surface area contributed by atoms with Gasteiger partial charge in [-0.1, -0.05) is 77.3 Å². The molecule has 0 radical (unpaired) electrons. The molecule has 0 spiro atoms. The van der Waals surface area contributed by atoms with E-state index in [1.165, 1.54) is 108 Å². The van der Waals surface area contributed by atoms with Crippen molar-refractivity contribution in [3.63, 3.8) is 0 Å². The highest BCUT2D eigenvalue weighted by atomic mass is 16.5. The average Bonchev–Trinajstić information content (AvgIpc) is 2.91. The van der Waals surface area contributed by atoms with Crippen molar-refractivity contribution in [2.75, 3.05) is 0 Å². The van der Waals surface area contributed by atoms with Crippen LogP contribution in [0.2, 0.25) is 0 Å². The van der Waals surface area contributed by atoms with Crippen LogP contribution in [0.5, 0.6) is 0 Å². The first kappa shape index (κ1) is 26.7. The first-order valence-corrected chi connectivity index (χ1v) is 15.5. The Morgan fingerprint density at radius 2 is 1.26 bits per heavy atom. The number of ether oxygens (including phenoxy) is 1. The molecule has 2 nitrogen and oxygen atoms in total. The zero-order valence-corrected chi connectivity index (χ0v) is 22.8. The maximum absolute atomic E-state index is 12.8. The van der Waals surface area contributed by atoms with Gasteiger partial charge in [-0.05, 0) is 111 Å². The van der Waals surface area contributed by atoms with E-state index in [1.54, 1.807) is 0 Å². The van der Waals surface area contributed by atoms with E-state index in [9.17, 15) is 4.79 Å². The van der Waals surface area contributed by atoms with Gasteiger partial charge in [-0.25, -0.2) is 4.79 Å². The Morgan fingerprint density at radius 3 is 1.86 bits per heavy atom. The third kappa shape index (κ3) is 7.83. The fraction of sp³-hybridized carbons (Fsp3) is 0.788. The van der Waals surface area contributed by atoms with Crippen molar-refractivity contribution in [3.8, 4) is 0 Å². The van der Waals surface area contributed by atoms with E-state index in [2.05, 4.69) is 26.0 Å². The van der Waals surface area contributed by atoms with Crippen LogP contribution < -0.4 is 0 Å². The Morgan fingerprint density at radius 1 is 0.686 bits per heavy atom. The predicted molar refractivity (Wildman–Crippen MR) is 147 cm³/mol. The van der Waals surface area contributed by atoms with E-state index in [4.69, 9.17) is 4.74 Å². The Bertz CT molecular complexity index is 729. The minimum absolute atomic E-state index is 0.117. The Kier molecular flexibility index (Phi) is 10.6. The Labute approximate surface area is 216 Å². The van der Waals surface area contributed by atoms with Crippen LogP contribution in [0.1, 0.15) is 151 Å². The first-order valence-electron chi connectivity index (χ1n) is 15.5. The molecule has 3 aliphatic carbocycles. The largest absolute Gasteiger partial charge is 0.459 e. The van der Waals surface area contributed by atoms with Gasteiger partial charge in [0, 0.05) is 0 Å². The molecule has 0 unspecified atom stereocenters. The van der Waals surface area contributed by atoms with Gasteiger partial charge in [0.05, 0.1) is 5.56 Å². The summed E-state index contributed by atoms with van der Waals surface area (Å²) in [5.41, 5.74) is 2.16. The van der Waals surface area contributed by atoms with E-state index >= 15 is 0 Å². The molecule has 1 aromatic carbocycles. The van der Waals surface area contributed by atoms with Crippen molar-refractivity contribution in [3.05, 3.63) is 35.4 Å². The van der Waals surface area contributed by atoms with Crippen LogP contribution in [0.3, 0.4) is 0 Å². The molecule has 3 aliphatic rings. The summed E-state index contributed by atoms with van der Waals surface area (Å²) in [4.78, 5) is 12.8. The smallest absolute Gasteiger partial charge is 0.338 e. The molecule has 3 fully saturated rings. The van der Waals surface area contributed by atoms with Crippen molar-refractivity contribution in [1.29, 1.82) is 0 Å². The fourth-order valence-electron chi connectivity index (χ4n) is 7.61. The van der Waals surface area contributed by atoms with Gasteiger partial charge in [0.15, 0.2) is 0 Å². The van der Waals surface area contributed by atoms with Gasteiger partial charge in [-0.2, -0.15) is 0 Å².